The molecule has 0 aromatic heterocycles. The zero-order valence-electron chi connectivity index (χ0n) is 29.4. The van der Waals surface area contributed by atoms with Gasteiger partial charge in [-0.15, -0.1) is 9.81 Å². The van der Waals surface area contributed by atoms with Crippen LogP contribution in [0.3, 0.4) is 0 Å². The first-order valence-corrected chi connectivity index (χ1v) is 18.7. The van der Waals surface area contributed by atoms with E-state index in [-0.39, 0.29) is 48.8 Å². The van der Waals surface area contributed by atoms with E-state index < -0.39 is 29.2 Å². The number of aliphatic hydroxyl groups is 2. The van der Waals surface area contributed by atoms with Crippen LogP contribution < -0.4 is 21.7 Å². The molecular weight excluding hydrogens is 722 g/mol. The third-order valence-corrected chi connectivity index (χ3v) is 7.25. The highest BCUT2D eigenvalue weighted by atomic mass is 31.2. The summed E-state index contributed by atoms with van der Waals surface area (Å²) < 4.78 is 40.7. The Labute approximate surface area is 296 Å². The van der Waals surface area contributed by atoms with Crippen LogP contribution in [0, 0.1) is 0 Å². The number of rotatable bonds is 19. The van der Waals surface area contributed by atoms with E-state index >= 15 is 0 Å². The number of unbranched alkanes of at least 4 members (excludes halogenated alkanes) is 6. The molecule has 1 rings (SSSR count). The summed E-state index contributed by atoms with van der Waals surface area (Å²) in [6, 6.07) is 0. The molecule has 1 aliphatic rings. The minimum Gasteiger partial charge on any atom is -0.370 e. The minimum atomic E-state index is -4.15. The lowest BCUT2D eigenvalue weighted by Crippen LogP contribution is -2.42. The van der Waals surface area contributed by atoms with Gasteiger partial charge in [-0.25, -0.2) is 14.4 Å². The van der Waals surface area contributed by atoms with Crippen LogP contribution in [0.4, 0.5) is 0 Å². The molecule has 0 aromatic carbocycles. The van der Waals surface area contributed by atoms with Gasteiger partial charge in [-0.05, 0) is 43.3 Å². The number of azo groups is 2. The maximum Gasteiger partial charge on any atom is 0.474 e. The molecule has 24 heteroatoms. The first-order valence-electron chi connectivity index (χ1n) is 15.7. The monoisotopic (exact) mass is 775 g/mol. The highest BCUT2D eigenvalue weighted by Gasteiger charge is 2.21. The Bertz CT molecular complexity index is 1260. The van der Waals surface area contributed by atoms with E-state index in [0.29, 0.717) is 38.9 Å². The molecule has 51 heavy (non-hydrogen) atoms. The average molecular weight is 776 g/mol. The van der Waals surface area contributed by atoms with Crippen molar-refractivity contribution < 1.29 is 71.1 Å². The Morgan fingerprint density at radius 2 is 1.24 bits per heavy atom. The summed E-state index contributed by atoms with van der Waals surface area (Å²) in [6.45, 7) is 5.37. The van der Waals surface area contributed by atoms with E-state index in [2.05, 4.69) is 49.1 Å². The number of nitrogens with one attached hydrogen (secondary N) is 3. The Balaban J connectivity index is 0. The standard InChI is InChI=1S/C12H24N3O7P.C8H10N4O2.C7H18NO5P/c1-10(17)14-12(15-11(2)18)13-7-5-3-4-6-8-21-23(19,20)22-9-16;1-6(13)10-8(11-7(2)14)12-5-3-4-9-12;8-5-3-1-2-4-6-12-14(10,11)13-7-9/h16H,3-9H2,1-2H3,(H,19,20)(H2,13,14,15,17,18);3-4H,5H2,1-2H3;9H,1-8H2,(H,10,11)/p+1. The number of aliphatic imine (C=N–C) groups is 2. The van der Waals surface area contributed by atoms with Crippen molar-refractivity contribution in [3.8, 4) is 0 Å². The summed E-state index contributed by atoms with van der Waals surface area (Å²) in [5.41, 5.74) is 5.29. The van der Waals surface area contributed by atoms with E-state index in [1.54, 1.807) is 12.3 Å². The second kappa shape index (κ2) is 30.5. The fraction of sp³-hybridized carbons (Fsp3) is 0.704. The van der Waals surface area contributed by atoms with Crippen LogP contribution in [-0.4, -0.2) is 107 Å². The van der Waals surface area contributed by atoms with Crippen LogP contribution in [0.15, 0.2) is 27.4 Å². The van der Waals surface area contributed by atoms with Gasteiger partial charge in [0.05, 0.1) is 19.4 Å². The largest absolute Gasteiger partial charge is 0.474 e. The maximum absolute atomic E-state index is 11.1. The fourth-order valence-electron chi connectivity index (χ4n) is 3.30. The molecule has 2 atom stereocenters. The molecule has 0 fully saturated rings. The molecule has 0 aliphatic carbocycles. The summed E-state index contributed by atoms with van der Waals surface area (Å²) in [5.74, 6) is -1.03. The molecule has 0 saturated heterocycles. The van der Waals surface area contributed by atoms with E-state index in [0.717, 1.165) is 32.1 Å². The van der Waals surface area contributed by atoms with Gasteiger partial charge in [0.1, 0.15) is 6.54 Å². The fourth-order valence-corrected chi connectivity index (χ4v) is 4.46. The first kappa shape index (κ1) is 50.0. The Hall–Kier alpha value is -3.14. The Kier molecular flexibility index (Phi) is 29.9. The number of carbonyl (C=O) groups excluding carboxylic acids is 4. The first-order chi connectivity index (χ1) is 24.0. The van der Waals surface area contributed by atoms with Gasteiger partial charge in [-0.1, -0.05) is 25.7 Å². The smallest absolute Gasteiger partial charge is 0.370 e. The van der Waals surface area contributed by atoms with Crippen molar-refractivity contribution in [1.82, 2.24) is 16.0 Å². The van der Waals surface area contributed by atoms with E-state index in [4.69, 9.17) is 25.7 Å². The van der Waals surface area contributed by atoms with Crippen LogP contribution in [0.1, 0.15) is 79.1 Å². The second-order valence-corrected chi connectivity index (χ2v) is 13.0. The Morgan fingerprint density at radius 3 is 1.63 bits per heavy atom. The summed E-state index contributed by atoms with van der Waals surface area (Å²) in [4.78, 5) is 69.0. The molecule has 2 unspecified atom stereocenters. The van der Waals surface area contributed by atoms with Crippen LogP contribution in [0.25, 0.3) is 0 Å². The molecule has 22 nitrogen and oxygen atoms in total. The zero-order chi connectivity index (χ0) is 39.1. The predicted octanol–water partition coefficient (Wildman–Crippen LogP) is 0.864. The quantitative estimate of drug-likeness (QED) is 0.0225. The highest BCUT2D eigenvalue weighted by molar-refractivity contribution is 7.47. The van der Waals surface area contributed by atoms with Gasteiger partial charge in [0.2, 0.25) is 17.8 Å². The zero-order valence-corrected chi connectivity index (χ0v) is 31.2. The van der Waals surface area contributed by atoms with Crippen LogP contribution in [-0.2, 0) is 46.4 Å². The van der Waals surface area contributed by atoms with Crippen molar-refractivity contribution in [2.24, 2.45) is 20.8 Å². The number of carbonyl (C=O) groups is 4. The maximum atomic E-state index is 11.1. The number of aliphatic hydroxyl groups excluding tert-OH is 2. The lowest BCUT2D eigenvalue weighted by molar-refractivity contribution is -0.464. The number of amides is 4. The Morgan fingerprint density at radius 1 is 0.765 bits per heavy atom. The number of phosphoric ester groups is 2. The molecular formula is C27H53N8O14P2+. The third kappa shape index (κ3) is 33.7. The van der Waals surface area contributed by atoms with Gasteiger partial charge in [0, 0.05) is 34.2 Å². The molecule has 294 valence electrons. The molecule has 9 N–H and O–H groups in total. The molecule has 4 amide bonds. The highest BCUT2D eigenvalue weighted by Crippen LogP contribution is 2.43. The van der Waals surface area contributed by atoms with Crippen molar-refractivity contribution in [1.29, 1.82) is 0 Å². The van der Waals surface area contributed by atoms with Crippen molar-refractivity contribution >= 4 is 51.2 Å². The summed E-state index contributed by atoms with van der Waals surface area (Å²) in [5, 5.41) is 27.7. The number of phosphoric acid groups is 2. The summed E-state index contributed by atoms with van der Waals surface area (Å²) >= 11 is 0. The lowest BCUT2D eigenvalue weighted by atomic mass is 10.2. The van der Waals surface area contributed by atoms with Gasteiger partial charge < -0.3 is 25.7 Å². The number of nitrogens with two attached hydrogens (primary N) is 1. The number of nitrogens with zero attached hydrogens (tertiary/aromatic N) is 4. The van der Waals surface area contributed by atoms with Crippen molar-refractivity contribution in [3.05, 3.63) is 12.3 Å². The predicted molar refractivity (Wildman–Crippen MR) is 182 cm³/mol. The van der Waals surface area contributed by atoms with Crippen molar-refractivity contribution in [2.75, 3.05) is 46.4 Å². The van der Waals surface area contributed by atoms with Gasteiger partial charge in [0.25, 0.3) is 5.91 Å². The average Bonchev–Trinajstić information content (AvgIpc) is 3.55. The SMILES string of the molecule is CC(=O)N=C(NC(C)=O)[N+]1=NC=CC1.CC(=O)NC(=NCCCCCCOP(=O)(O)OCO)NC(C)=O.NCCCCCCOP(=O)(O)OCO. The van der Waals surface area contributed by atoms with Crippen molar-refractivity contribution in [3.63, 3.8) is 0 Å². The van der Waals surface area contributed by atoms with Crippen LogP contribution in [0.2, 0.25) is 0 Å². The number of guanidine groups is 2. The molecule has 1 heterocycles. The molecule has 0 bridgehead atoms. The molecule has 0 spiro atoms. The molecule has 0 saturated carbocycles. The number of hydrogen-bond acceptors (Lipinski definition) is 15. The summed E-state index contributed by atoms with van der Waals surface area (Å²) in [6.07, 6.45) is 9.67. The van der Waals surface area contributed by atoms with Crippen molar-refractivity contribution in [2.45, 2.75) is 79.1 Å². The second-order valence-electron chi connectivity index (χ2n) is 10.0. The summed E-state index contributed by atoms with van der Waals surface area (Å²) in [7, 11) is -8.17. The molecule has 0 radical (unpaired) electrons. The minimum absolute atomic E-state index is 0.0417. The normalized spacial score (nSPS) is 14.3. The van der Waals surface area contributed by atoms with E-state index in [1.165, 1.54) is 32.4 Å². The van der Waals surface area contributed by atoms with Gasteiger partial charge >= 0.3 is 27.5 Å². The van der Waals surface area contributed by atoms with Gasteiger partial charge in [-0.3, -0.25) is 52.9 Å². The molecule has 0 aromatic rings. The topological polar surface area (TPSA) is 322 Å². The van der Waals surface area contributed by atoms with Crippen LogP contribution >= 0.6 is 15.6 Å². The van der Waals surface area contributed by atoms with E-state index in [9.17, 15) is 28.3 Å². The molecule has 1 aliphatic heterocycles. The van der Waals surface area contributed by atoms with Gasteiger partial charge in [0.15, 0.2) is 13.6 Å². The number of hydrogen-bond donors (Lipinski definition) is 8. The third-order valence-electron chi connectivity index (χ3n) is 5.35. The van der Waals surface area contributed by atoms with Gasteiger partial charge in [-0.2, -0.15) is 0 Å². The lowest BCUT2D eigenvalue weighted by Gasteiger charge is -2.10. The van der Waals surface area contributed by atoms with Crippen LogP contribution in [0.5, 0.6) is 0 Å². The van der Waals surface area contributed by atoms with E-state index in [1.807, 2.05) is 0 Å².